The highest BCUT2D eigenvalue weighted by Gasteiger charge is 2.17. The van der Waals surface area contributed by atoms with E-state index >= 15 is 0 Å². The molecule has 0 aliphatic heterocycles. The molecular formula is C14H17F3N2O2S. The SMILES string of the molecule is CN(CCc1c[nH]c2cc(F)c(F)c(F)c12)CCS(C)(=O)=O. The van der Waals surface area contributed by atoms with Crippen LogP contribution in [0, 0.1) is 17.5 Å². The molecule has 2 rings (SSSR count). The van der Waals surface area contributed by atoms with E-state index in [1.807, 2.05) is 0 Å². The molecule has 2 aromatic rings. The minimum absolute atomic E-state index is 0.0333. The third-order valence-corrected chi connectivity index (χ3v) is 4.42. The van der Waals surface area contributed by atoms with Crippen LogP contribution in [0.2, 0.25) is 0 Å². The van der Waals surface area contributed by atoms with Gasteiger partial charge in [0.15, 0.2) is 17.5 Å². The number of benzene rings is 1. The molecule has 22 heavy (non-hydrogen) atoms. The Kier molecular flexibility index (Phi) is 4.81. The normalized spacial score (nSPS) is 12.5. The van der Waals surface area contributed by atoms with Crippen molar-refractivity contribution in [3.63, 3.8) is 0 Å². The Morgan fingerprint density at radius 3 is 2.50 bits per heavy atom. The highest BCUT2D eigenvalue weighted by Crippen LogP contribution is 2.26. The van der Waals surface area contributed by atoms with Gasteiger partial charge in [-0.25, -0.2) is 21.6 Å². The van der Waals surface area contributed by atoms with Crippen LogP contribution in [0.4, 0.5) is 13.2 Å². The predicted octanol–water partition coefficient (Wildman–Crippen LogP) is 2.10. The zero-order valence-corrected chi connectivity index (χ0v) is 13.1. The van der Waals surface area contributed by atoms with E-state index in [4.69, 9.17) is 0 Å². The highest BCUT2D eigenvalue weighted by atomic mass is 32.2. The molecule has 1 aromatic heterocycles. The first kappa shape index (κ1) is 16.8. The molecule has 1 N–H and O–H groups in total. The van der Waals surface area contributed by atoms with Gasteiger partial charge >= 0.3 is 0 Å². The zero-order valence-electron chi connectivity index (χ0n) is 12.3. The number of hydrogen-bond donors (Lipinski definition) is 1. The molecule has 0 radical (unpaired) electrons. The summed E-state index contributed by atoms with van der Waals surface area (Å²) in [6, 6.07) is 0.921. The smallest absolute Gasteiger partial charge is 0.195 e. The summed E-state index contributed by atoms with van der Waals surface area (Å²) in [5, 5.41) is 0.0374. The number of fused-ring (bicyclic) bond motifs is 1. The minimum atomic E-state index is -3.04. The van der Waals surface area contributed by atoms with E-state index in [2.05, 4.69) is 4.98 Å². The number of nitrogens with one attached hydrogen (secondary N) is 1. The van der Waals surface area contributed by atoms with Crippen LogP contribution in [0.1, 0.15) is 5.56 Å². The topological polar surface area (TPSA) is 53.2 Å². The standard InChI is InChI=1S/C14H17F3N2O2S/c1-19(5-6-22(2,20)21)4-3-9-8-18-11-7-10(15)13(16)14(17)12(9)11/h7-8,18H,3-6H2,1-2H3. The molecule has 0 bridgehead atoms. The van der Waals surface area contributed by atoms with Crippen LogP contribution < -0.4 is 0 Å². The number of sulfone groups is 1. The number of likely N-dealkylation sites (N-methyl/N-ethyl adjacent to an activating group) is 1. The summed E-state index contributed by atoms with van der Waals surface area (Å²) < 4.78 is 62.5. The third kappa shape index (κ3) is 3.80. The van der Waals surface area contributed by atoms with E-state index in [9.17, 15) is 21.6 Å². The second kappa shape index (κ2) is 6.29. The van der Waals surface area contributed by atoms with Gasteiger partial charge < -0.3 is 9.88 Å². The summed E-state index contributed by atoms with van der Waals surface area (Å²) in [5.74, 6) is -3.89. The van der Waals surface area contributed by atoms with Crippen molar-refractivity contribution in [2.75, 3.05) is 32.1 Å². The zero-order chi connectivity index (χ0) is 16.5. The highest BCUT2D eigenvalue weighted by molar-refractivity contribution is 7.90. The lowest BCUT2D eigenvalue weighted by Crippen LogP contribution is -2.27. The van der Waals surface area contributed by atoms with Crippen LogP contribution >= 0.6 is 0 Å². The molecule has 8 heteroatoms. The lowest BCUT2D eigenvalue weighted by Gasteiger charge is -2.15. The van der Waals surface area contributed by atoms with Crippen molar-refractivity contribution in [1.82, 2.24) is 9.88 Å². The Morgan fingerprint density at radius 1 is 1.18 bits per heavy atom. The molecule has 122 valence electrons. The Morgan fingerprint density at radius 2 is 1.86 bits per heavy atom. The van der Waals surface area contributed by atoms with Gasteiger partial charge in [0.1, 0.15) is 9.84 Å². The number of hydrogen-bond acceptors (Lipinski definition) is 3. The molecule has 0 atom stereocenters. The van der Waals surface area contributed by atoms with Crippen LogP contribution in [0.5, 0.6) is 0 Å². The fourth-order valence-corrected chi connectivity index (χ4v) is 2.85. The maximum atomic E-state index is 13.9. The number of rotatable bonds is 6. The molecule has 0 saturated carbocycles. The van der Waals surface area contributed by atoms with E-state index < -0.39 is 27.3 Å². The summed E-state index contributed by atoms with van der Waals surface area (Å²) in [5.41, 5.74) is 0.725. The average molecular weight is 334 g/mol. The van der Waals surface area contributed by atoms with Crippen LogP contribution in [-0.2, 0) is 16.3 Å². The molecule has 0 fully saturated rings. The number of halogens is 3. The molecule has 4 nitrogen and oxygen atoms in total. The first-order valence-electron chi connectivity index (χ1n) is 6.69. The van der Waals surface area contributed by atoms with Crippen molar-refractivity contribution in [3.8, 4) is 0 Å². The molecule has 0 aliphatic carbocycles. The van der Waals surface area contributed by atoms with Crippen molar-refractivity contribution in [3.05, 3.63) is 35.3 Å². The fraction of sp³-hybridized carbons (Fsp3) is 0.429. The van der Waals surface area contributed by atoms with Crippen LogP contribution in [0.15, 0.2) is 12.3 Å². The van der Waals surface area contributed by atoms with E-state index in [0.29, 0.717) is 25.1 Å². The first-order chi connectivity index (χ1) is 10.2. The van der Waals surface area contributed by atoms with Crippen molar-refractivity contribution >= 4 is 20.7 Å². The van der Waals surface area contributed by atoms with E-state index in [1.165, 1.54) is 6.20 Å². The van der Waals surface area contributed by atoms with Gasteiger partial charge in [-0.15, -0.1) is 0 Å². The van der Waals surface area contributed by atoms with E-state index in [-0.39, 0.29) is 16.7 Å². The molecule has 0 aliphatic rings. The number of nitrogens with zero attached hydrogens (tertiary/aromatic N) is 1. The summed E-state index contributed by atoms with van der Waals surface area (Å²) in [6.45, 7) is 0.827. The minimum Gasteiger partial charge on any atom is -0.361 e. The van der Waals surface area contributed by atoms with Gasteiger partial charge in [0.2, 0.25) is 0 Å². The summed E-state index contributed by atoms with van der Waals surface area (Å²) in [4.78, 5) is 4.51. The van der Waals surface area contributed by atoms with Gasteiger partial charge in [0, 0.05) is 37.0 Å². The van der Waals surface area contributed by atoms with Gasteiger partial charge in [0.05, 0.1) is 11.3 Å². The summed E-state index contributed by atoms with van der Waals surface area (Å²) >= 11 is 0. The molecule has 1 heterocycles. The lowest BCUT2D eigenvalue weighted by molar-refractivity contribution is 0.358. The van der Waals surface area contributed by atoms with Crippen LogP contribution in [0.3, 0.4) is 0 Å². The molecule has 0 amide bonds. The Labute approximate surface area is 126 Å². The maximum Gasteiger partial charge on any atom is 0.195 e. The summed E-state index contributed by atoms with van der Waals surface area (Å²) in [7, 11) is -1.30. The maximum absolute atomic E-state index is 13.9. The largest absolute Gasteiger partial charge is 0.361 e. The molecular weight excluding hydrogens is 317 g/mol. The van der Waals surface area contributed by atoms with E-state index in [0.717, 1.165) is 12.3 Å². The van der Waals surface area contributed by atoms with Gasteiger partial charge in [-0.1, -0.05) is 0 Å². The van der Waals surface area contributed by atoms with Crippen molar-refractivity contribution < 1.29 is 21.6 Å². The lowest BCUT2D eigenvalue weighted by atomic mass is 10.1. The molecule has 1 aromatic carbocycles. The number of aromatic nitrogens is 1. The van der Waals surface area contributed by atoms with Crippen molar-refractivity contribution in [2.24, 2.45) is 0 Å². The van der Waals surface area contributed by atoms with Gasteiger partial charge in [-0.05, 0) is 19.0 Å². The number of aromatic amines is 1. The molecule has 0 unspecified atom stereocenters. The number of H-pyrrole nitrogens is 1. The molecule has 0 saturated heterocycles. The Bertz CT molecular complexity index is 787. The first-order valence-corrected chi connectivity index (χ1v) is 8.75. The second-order valence-electron chi connectivity index (χ2n) is 5.41. The van der Waals surface area contributed by atoms with Crippen molar-refractivity contribution in [1.29, 1.82) is 0 Å². The molecule has 0 spiro atoms. The van der Waals surface area contributed by atoms with Gasteiger partial charge in [-0.3, -0.25) is 0 Å². The quantitative estimate of drug-likeness (QED) is 0.823. The van der Waals surface area contributed by atoms with Gasteiger partial charge in [0.25, 0.3) is 0 Å². The van der Waals surface area contributed by atoms with Crippen molar-refractivity contribution in [2.45, 2.75) is 6.42 Å². The van der Waals surface area contributed by atoms with Crippen LogP contribution in [-0.4, -0.2) is 50.4 Å². The fourth-order valence-electron chi connectivity index (χ4n) is 2.20. The van der Waals surface area contributed by atoms with E-state index in [1.54, 1.807) is 11.9 Å². The Hall–Kier alpha value is -1.54. The second-order valence-corrected chi connectivity index (χ2v) is 7.67. The average Bonchev–Trinajstić information content (AvgIpc) is 2.82. The predicted molar refractivity (Wildman–Crippen MR) is 79.1 cm³/mol. The Balaban J connectivity index is 2.11. The van der Waals surface area contributed by atoms with Gasteiger partial charge in [-0.2, -0.15) is 0 Å². The monoisotopic (exact) mass is 334 g/mol. The summed E-state index contributed by atoms with van der Waals surface area (Å²) in [6.07, 6.45) is 3.06. The van der Waals surface area contributed by atoms with Crippen LogP contribution in [0.25, 0.3) is 10.9 Å². The third-order valence-electron chi connectivity index (χ3n) is 3.49.